The van der Waals surface area contributed by atoms with Crippen LogP contribution in [0.3, 0.4) is 0 Å². The number of likely N-dealkylation sites (N-methyl/N-ethyl adjacent to an activating group) is 1. The number of halogens is 2. The molecule has 0 saturated carbocycles. The predicted molar refractivity (Wildman–Crippen MR) is 150 cm³/mol. The third-order valence-corrected chi connectivity index (χ3v) is 7.99. The molecule has 224 valence electrons. The van der Waals surface area contributed by atoms with Gasteiger partial charge in [-0.25, -0.2) is 4.39 Å². The lowest BCUT2D eigenvalue weighted by molar-refractivity contribution is -0.214. The number of fused-ring (bicyclic) bond motifs is 1. The summed E-state index contributed by atoms with van der Waals surface area (Å²) in [4.78, 5) is 45.9. The zero-order valence-electron chi connectivity index (χ0n) is 23.8. The quantitative estimate of drug-likeness (QED) is 0.433. The van der Waals surface area contributed by atoms with E-state index >= 15 is 0 Å². The lowest BCUT2D eigenvalue weighted by atomic mass is 9.86. The molecule has 2 aliphatic rings. The molecule has 1 unspecified atom stereocenters. The highest BCUT2D eigenvalue weighted by atomic mass is 35.5. The number of aromatic nitrogens is 1. The van der Waals surface area contributed by atoms with E-state index in [4.69, 9.17) is 25.8 Å². The Morgan fingerprint density at radius 1 is 1.34 bits per heavy atom. The van der Waals surface area contributed by atoms with Crippen molar-refractivity contribution >= 4 is 23.4 Å². The summed E-state index contributed by atoms with van der Waals surface area (Å²) in [7, 11) is 2.87. The van der Waals surface area contributed by atoms with Gasteiger partial charge in [-0.15, -0.1) is 0 Å². The first kappa shape index (κ1) is 31.0. The number of carbonyl (C=O) groups excluding carboxylic acids is 2. The molecule has 0 bridgehead atoms. The number of nitrogens with one attached hydrogen (secondary N) is 1. The largest absolute Gasteiger partial charge is 0.491 e. The average Bonchev–Trinajstić information content (AvgIpc) is 2.96. The van der Waals surface area contributed by atoms with Crippen LogP contribution >= 0.6 is 11.6 Å². The fourth-order valence-electron chi connectivity index (χ4n) is 5.09. The summed E-state index contributed by atoms with van der Waals surface area (Å²) in [6, 6.07) is 4.21. The van der Waals surface area contributed by atoms with Crippen molar-refractivity contribution in [2.75, 3.05) is 40.5 Å². The summed E-state index contributed by atoms with van der Waals surface area (Å²) < 4.78 is 30.9. The predicted octanol–water partition coefficient (Wildman–Crippen LogP) is 3.38. The van der Waals surface area contributed by atoms with Crippen molar-refractivity contribution in [1.29, 1.82) is 0 Å². The van der Waals surface area contributed by atoms with E-state index in [1.165, 1.54) is 35.1 Å². The second kappa shape index (κ2) is 12.9. The standard InChI is InChI=1S/C29H37ClFN3O7/c1-29(2,16-35)21(41-22-7-5-6-12-40-22)15-33(3)28(38)24-18-10-11-34(14-17-8-9-20(31)19(30)13-17)27(37)23(18)25(39-4)26(36)32-24/h8-9,13,21-22,35H,5-7,10-12,14-16H2,1-4H3,(H,32,36)/t21-,22?/m0/s1. The molecule has 4 rings (SSSR count). The van der Waals surface area contributed by atoms with Crippen LogP contribution in [-0.2, 0) is 22.4 Å². The third-order valence-electron chi connectivity index (χ3n) is 7.70. The Bertz CT molecular complexity index is 1340. The SMILES string of the molecule is COc1c2c(c(C(=O)N(C)C[C@H](OC3CCCCO3)C(C)(C)CO)[nH]c1=O)CCN(Cc1ccc(F)c(Cl)c1)C2=O. The Hall–Kier alpha value is -2.99. The summed E-state index contributed by atoms with van der Waals surface area (Å²) in [5.74, 6) is -1.72. The smallest absolute Gasteiger partial charge is 0.291 e. The minimum absolute atomic E-state index is 0.000553. The number of rotatable bonds is 10. The van der Waals surface area contributed by atoms with Gasteiger partial charge in [0.1, 0.15) is 11.5 Å². The molecule has 10 nitrogen and oxygen atoms in total. The monoisotopic (exact) mass is 593 g/mol. The molecule has 3 heterocycles. The Balaban J connectivity index is 1.61. The Morgan fingerprint density at radius 2 is 2.10 bits per heavy atom. The maximum Gasteiger partial charge on any atom is 0.291 e. The summed E-state index contributed by atoms with van der Waals surface area (Å²) in [5, 5.41) is 9.99. The highest BCUT2D eigenvalue weighted by Gasteiger charge is 2.37. The van der Waals surface area contributed by atoms with Crippen LogP contribution in [0.2, 0.25) is 5.02 Å². The van der Waals surface area contributed by atoms with Crippen LogP contribution in [0.4, 0.5) is 4.39 Å². The van der Waals surface area contributed by atoms with E-state index in [-0.39, 0.29) is 54.7 Å². The van der Waals surface area contributed by atoms with Crippen molar-refractivity contribution in [3.05, 3.63) is 61.8 Å². The van der Waals surface area contributed by atoms with E-state index in [0.717, 1.165) is 19.3 Å². The first-order chi connectivity index (χ1) is 19.5. The van der Waals surface area contributed by atoms with Crippen LogP contribution in [0.1, 0.15) is 65.1 Å². The lowest BCUT2D eigenvalue weighted by Gasteiger charge is -2.38. The number of H-pyrrole nitrogens is 1. The average molecular weight is 594 g/mol. The van der Waals surface area contributed by atoms with Gasteiger partial charge in [0.25, 0.3) is 17.4 Å². The Morgan fingerprint density at radius 3 is 2.73 bits per heavy atom. The number of carbonyl (C=O) groups is 2. The molecule has 41 heavy (non-hydrogen) atoms. The number of ether oxygens (including phenoxy) is 3. The molecule has 2 amide bonds. The summed E-state index contributed by atoms with van der Waals surface area (Å²) in [6.07, 6.45) is 1.91. The van der Waals surface area contributed by atoms with E-state index in [0.29, 0.717) is 17.7 Å². The summed E-state index contributed by atoms with van der Waals surface area (Å²) >= 11 is 5.91. The molecule has 2 N–H and O–H groups in total. The molecule has 0 aliphatic carbocycles. The molecule has 0 radical (unpaired) electrons. The fraction of sp³-hybridized carbons (Fsp3) is 0.552. The van der Waals surface area contributed by atoms with Crippen molar-refractivity contribution in [2.45, 2.75) is 58.5 Å². The van der Waals surface area contributed by atoms with Crippen LogP contribution in [0.25, 0.3) is 0 Å². The van der Waals surface area contributed by atoms with Crippen LogP contribution in [0.15, 0.2) is 23.0 Å². The minimum Gasteiger partial charge on any atom is -0.491 e. The van der Waals surface area contributed by atoms with Gasteiger partial charge >= 0.3 is 0 Å². The maximum absolute atomic E-state index is 13.8. The second-order valence-corrected chi connectivity index (χ2v) is 11.6. The number of aliphatic hydroxyl groups excluding tert-OH is 1. The molecule has 2 aliphatic heterocycles. The van der Waals surface area contributed by atoms with E-state index in [9.17, 15) is 23.9 Å². The van der Waals surface area contributed by atoms with Crippen LogP contribution in [-0.4, -0.2) is 84.6 Å². The number of aliphatic hydroxyl groups is 1. The van der Waals surface area contributed by atoms with E-state index in [2.05, 4.69) is 4.98 Å². The molecule has 12 heteroatoms. The zero-order valence-corrected chi connectivity index (χ0v) is 24.6. The van der Waals surface area contributed by atoms with Crippen molar-refractivity contribution in [3.63, 3.8) is 0 Å². The van der Waals surface area contributed by atoms with Crippen molar-refractivity contribution < 1.29 is 33.3 Å². The summed E-state index contributed by atoms with van der Waals surface area (Å²) in [6.45, 7) is 4.60. The van der Waals surface area contributed by atoms with Crippen molar-refractivity contribution in [2.24, 2.45) is 5.41 Å². The van der Waals surface area contributed by atoms with Crippen LogP contribution in [0.5, 0.6) is 5.75 Å². The molecule has 0 spiro atoms. The van der Waals surface area contributed by atoms with Gasteiger partial charge in [-0.05, 0) is 48.9 Å². The van der Waals surface area contributed by atoms with Crippen LogP contribution < -0.4 is 10.3 Å². The van der Waals surface area contributed by atoms with Gasteiger partial charge in [0, 0.05) is 38.7 Å². The molecule has 1 aromatic carbocycles. The maximum atomic E-state index is 13.8. The Labute approximate surface area is 243 Å². The third kappa shape index (κ3) is 6.74. The number of amides is 2. The molecular weight excluding hydrogens is 557 g/mol. The zero-order chi connectivity index (χ0) is 29.9. The molecule has 1 saturated heterocycles. The number of methoxy groups -OCH3 is 1. The van der Waals surface area contributed by atoms with Gasteiger partial charge in [-0.3, -0.25) is 14.4 Å². The second-order valence-electron chi connectivity index (χ2n) is 11.2. The molecule has 1 aromatic heterocycles. The molecular formula is C29H37ClFN3O7. The Kier molecular flexibility index (Phi) is 9.73. The van der Waals surface area contributed by atoms with Gasteiger partial charge in [0.05, 0.1) is 30.4 Å². The van der Waals surface area contributed by atoms with E-state index in [1.807, 2.05) is 13.8 Å². The summed E-state index contributed by atoms with van der Waals surface area (Å²) in [5.41, 5.74) is -0.380. The van der Waals surface area contributed by atoms with Gasteiger partial charge in [-0.1, -0.05) is 31.5 Å². The molecule has 2 atom stereocenters. The topological polar surface area (TPSA) is 121 Å². The fourth-order valence-corrected chi connectivity index (χ4v) is 5.29. The number of pyridine rings is 1. The molecule has 1 fully saturated rings. The van der Waals surface area contributed by atoms with Crippen molar-refractivity contribution in [1.82, 2.24) is 14.8 Å². The van der Waals surface area contributed by atoms with Gasteiger partial charge < -0.3 is 34.1 Å². The van der Waals surface area contributed by atoms with Gasteiger partial charge in [-0.2, -0.15) is 0 Å². The minimum atomic E-state index is -0.706. The number of hydrogen-bond donors (Lipinski definition) is 2. The van der Waals surface area contributed by atoms with E-state index in [1.54, 1.807) is 7.05 Å². The normalized spacial score (nSPS) is 18.2. The number of nitrogens with zero attached hydrogens (tertiary/aromatic N) is 2. The van der Waals surface area contributed by atoms with Gasteiger partial charge in [0.15, 0.2) is 12.0 Å². The van der Waals surface area contributed by atoms with Crippen molar-refractivity contribution in [3.8, 4) is 5.75 Å². The van der Waals surface area contributed by atoms with Crippen LogP contribution in [0, 0.1) is 11.2 Å². The first-order valence-corrected chi connectivity index (χ1v) is 14.0. The first-order valence-electron chi connectivity index (χ1n) is 13.7. The van der Waals surface area contributed by atoms with Gasteiger partial charge in [0.2, 0.25) is 0 Å². The number of hydrogen-bond acceptors (Lipinski definition) is 7. The highest BCUT2D eigenvalue weighted by Crippen LogP contribution is 2.31. The highest BCUT2D eigenvalue weighted by molar-refractivity contribution is 6.30. The number of benzene rings is 1. The number of aromatic amines is 1. The molecule has 2 aromatic rings. The van der Waals surface area contributed by atoms with E-state index < -0.39 is 41.0 Å². The lowest BCUT2D eigenvalue weighted by Crippen LogP contribution is -2.48.